The molecule has 11 heteroatoms. The minimum atomic E-state index is -1.62. The maximum Gasteiger partial charge on any atom is 0.407 e. The molecule has 0 saturated carbocycles. The molecule has 2 saturated heterocycles. The summed E-state index contributed by atoms with van der Waals surface area (Å²) >= 11 is 1.46. The van der Waals surface area contributed by atoms with Crippen LogP contribution in [0.15, 0.2) is 54.6 Å². The van der Waals surface area contributed by atoms with Crippen molar-refractivity contribution in [1.29, 1.82) is 0 Å². The van der Waals surface area contributed by atoms with Crippen molar-refractivity contribution in [3.8, 4) is 0 Å². The van der Waals surface area contributed by atoms with Crippen molar-refractivity contribution in [3.63, 3.8) is 0 Å². The van der Waals surface area contributed by atoms with Gasteiger partial charge < -0.3 is 34.9 Å². The van der Waals surface area contributed by atoms with Gasteiger partial charge in [-0.05, 0) is 57.7 Å². The van der Waals surface area contributed by atoms with Gasteiger partial charge in [-0.15, -0.1) is 11.8 Å². The molecule has 2 fully saturated rings. The van der Waals surface area contributed by atoms with Crippen molar-refractivity contribution in [2.24, 2.45) is 0 Å². The van der Waals surface area contributed by atoms with E-state index in [9.17, 15) is 19.5 Å². The van der Waals surface area contributed by atoms with E-state index in [1.54, 1.807) is 13.8 Å². The van der Waals surface area contributed by atoms with Gasteiger partial charge in [-0.2, -0.15) is 0 Å². The number of carbonyl (C=O) groups excluding carboxylic acids is 3. The van der Waals surface area contributed by atoms with Crippen molar-refractivity contribution >= 4 is 29.7 Å². The normalized spacial score (nSPS) is 22.3. The fourth-order valence-electron chi connectivity index (χ4n) is 5.16. The number of carbonyl (C=O) groups is 3. The minimum Gasteiger partial charge on any atom is -0.447 e. The zero-order valence-electron chi connectivity index (χ0n) is 24.8. The molecule has 2 aliphatic heterocycles. The molecule has 2 aliphatic rings. The SMILES string of the molecule is Cc1ccccc1CNC(=O)[C@H]1N(C(=O)[C@@H](O)[C@H](Cc2ccccc2)NC(=O)OC[C@@H]2COC(C)(C)O2)CSC1(C)C. The van der Waals surface area contributed by atoms with E-state index < -0.39 is 46.8 Å². The van der Waals surface area contributed by atoms with E-state index in [0.29, 0.717) is 6.54 Å². The van der Waals surface area contributed by atoms with E-state index in [-0.39, 0.29) is 31.4 Å². The summed E-state index contributed by atoms with van der Waals surface area (Å²) in [4.78, 5) is 41.4. The predicted molar refractivity (Wildman–Crippen MR) is 160 cm³/mol. The summed E-state index contributed by atoms with van der Waals surface area (Å²) in [5.41, 5.74) is 2.85. The highest BCUT2D eigenvalue weighted by molar-refractivity contribution is 8.00. The summed E-state index contributed by atoms with van der Waals surface area (Å²) in [5.74, 6) is -1.47. The number of alkyl carbamates (subject to hydrolysis) is 1. The zero-order valence-corrected chi connectivity index (χ0v) is 25.6. The summed E-state index contributed by atoms with van der Waals surface area (Å²) in [6.07, 6.45) is -2.66. The molecule has 4 atom stereocenters. The Morgan fingerprint density at radius 3 is 2.45 bits per heavy atom. The molecule has 3 amide bonds. The number of hydrogen-bond acceptors (Lipinski definition) is 8. The predicted octanol–water partition coefficient (Wildman–Crippen LogP) is 3.14. The highest BCUT2D eigenvalue weighted by Gasteiger charge is 2.49. The lowest BCUT2D eigenvalue weighted by atomic mass is 9.97. The van der Waals surface area contributed by atoms with Crippen molar-refractivity contribution in [1.82, 2.24) is 15.5 Å². The van der Waals surface area contributed by atoms with Crippen LogP contribution in [0.3, 0.4) is 0 Å². The van der Waals surface area contributed by atoms with Crippen LogP contribution in [0.5, 0.6) is 0 Å². The number of benzene rings is 2. The van der Waals surface area contributed by atoms with Gasteiger partial charge in [0, 0.05) is 11.3 Å². The summed E-state index contributed by atoms with van der Waals surface area (Å²) in [6.45, 7) is 9.90. The molecule has 2 aromatic carbocycles. The van der Waals surface area contributed by atoms with Crippen molar-refractivity contribution in [2.75, 3.05) is 19.1 Å². The van der Waals surface area contributed by atoms with Gasteiger partial charge in [-0.1, -0.05) is 54.6 Å². The van der Waals surface area contributed by atoms with Crippen LogP contribution >= 0.6 is 11.8 Å². The zero-order chi connectivity index (χ0) is 30.5. The Morgan fingerprint density at radius 2 is 1.79 bits per heavy atom. The first-order chi connectivity index (χ1) is 19.9. The first kappa shape index (κ1) is 31.8. The largest absolute Gasteiger partial charge is 0.447 e. The lowest BCUT2D eigenvalue weighted by Crippen LogP contribution is -2.58. The molecule has 0 aliphatic carbocycles. The number of ether oxygens (including phenoxy) is 3. The van der Waals surface area contributed by atoms with E-state index in [2.05, 4.69) is 10.6 Å². The Morgan fingerprint density at radius 1 is 1.10 bits per heavy atom. The highest BCUT2D eigenvalue weighted by atomic mass is 32.2. The molecule has 2 aromatic rings. The maximum atomic E-state index is 13.8. The van der Waals surface area contributed by atoms with E-state index in [0.717, 1.165) is 16.7 Å². The molecule has 0 bridgehead atoms. The number of thioether (sulfide) groups is 1. The first-order valence-corrected chi connectivity index (χ1v) is 15.1. The van der Waals surface area contributed by atoms with Gasteiger partial charge >= 0.3 is 6.09 Å². The second-order valence-electron chi connectivity index (χ2n) is 11.7. The van der Waals surface area contributed by atoms with Crippen LogP contribution in [0.2, 0.25) is 0 Å². The van der Waals surface area contributed by atoms with Crippen molar-refractivity contribution < 1.29 is 33.7 Å². The third-order valence-corrected chi connectivity index (χ3v) is 8.87. The average molecular weight is 600 g/mol. The lowest BCUT2D eigenvalue weighted by Gasteiger charge is -2.33. The van der Waals surface area contributed by atoms with Crippen LogP contribution in [0.4, 0.5) is 4.79 Å². The van der Waals surface area contributed by atoms with Crippen LogP contribution in [-0.4, -0.2) is 81.8 Å². The molecule has 2 heterocycles. The molecule has 0 spiro atoms. The molecular formula is C31H41N3O7S. The monoisotopic (exact) mass is 599 g/mol. The van der Waals surface area contributed by atoms with E-state index in [1.807, 2.05) is 75.4 Å². The fraction of sp³-hybridized carbons (Fsp3) is 0.516. The molecule has 42 heavy (non-hydrogen) atoms. The van der Waals surface area contributed by atoms with Crippen LogP contribution in [0, 0.1) is 6.92 Å². The van der Waals surface area contributed by atoms with Crippen LogP contribution in [-0.2, 0) is 36.8 Å². The quantitative estimate of drug-likeness (QED) is 0.380. The standard InChI is InChI=1S/C31H41N3O7S/c1-20-11-9-10-14-22(20)16-32-27(36)26-30(2,3)42-19-34(26)28(37)25(35)24(15-21-12-7-6-8-13-21)33-29(38)39-17-23-18-40-31(4,5)41-23/h6-14,23-26,35H,15-19H2,1-5H3,(H,32,36)(H,33,38)/t23-,24+,25+,26-/m1/s1. The minimum absolute atomic E-state index is 0.0442. The van der Waals surface area contributed by atoms with Gasteiger partial charge in [0.25, 0.3) is 5.91 Å². The molecule has 0 aromatic heterocycles. The van der Waals surface area contributed by atoms with Crippen molar-refractivity contribution in [2.45, 2.75) is 82.4 Å². The smallest absolute Gasteiger partial charge is 0.407 e. The first-order valence-electron chi connectivity index (χ1n) is 14.1. The molecule has 228 valence electrons. The molecular weight excluding hydrogens is 558 g/mol. The molecule has 3 N–H and O–H groups in total. The Hall–Kier alpha value is -3.12. The van der Waals surface area contributed by atoms with Gasteiger partial charge in [0.1, 0.15) is 18.8 Å². The van der Waals surface area contributed by atoms with Gasteiger partial charge in [-0.25, -0.2) is 4.79 Å². The number of amides is 3. The average Bonchev–Trinajstić information content (AvgIpc) is 3.47. The van der Waals surface area contributed by atoms with E-state index in [4.69, 9.17) is 14.2 Å². The summed E-state index contributed by atoms with van der Waals surface area (Å²) in [6, 6.07) is 15.2. The van der Waals surface area contributed by atoms with Gasteiger partial charge in [0.15, 0.2) is 11.9 Å². The summed E-state index contributed by atoms with van der Waals surface area (Å²) < 4.78 is 16.0. The maximum absolute atomic E-state index is 13.8. The Kier molecular flexibility index (Phi) is 10.2. The van der Waals surface area contributed by atoms with E-state index in [1.165, 1.54) is 16.7 Å². The Labute approximate surface area is 251 Å². The molecule has 4 rings (SSSR count). The second kappa shape index (κ2) is 13.5. The van der Waals surface area contributed by atoms with Crippen molar-refractivity contribution in [3.05, 3.63) is 71.3 Å². The number of nitrogens with zero attached hydrogens (tertiary/aromatic N) is 1. The van der Waals surface area contributed by atoms with Crippen LogP contribution in [0.25, 0.3) is 0 Å². The molecule has 0 unspecified atom stereocenters. The molecule has 0 radical (unpaired) electrons. The Bertz CT molecular complexity index is 1260. The second-order valence-corrected chi connectivity index (χ2v) is 13.3. The number of aliphatic hydroxyl groups is 1. The van der Waals surface area contributed by atoms with Crippen LogP contribution < -0.4 is 10.6 Å². The Balaban J connectivity index is 1.45. The number of hydrogen-bond donors (Lipinski definition) is 3. The third-order valence-electron chi connectivity index (χ3n) is 7.50. The third kappa shape index (κ3) is 8.03. The number of aliphatic hydroxyl groups excluding tert-OH is 1. The van der Waals surface area contributed by atoms with Gasteiger partial charge in [-0.3, -0.25) is 9.59 Å². The fourth-order valence-corrected chi connectivity index (χ4v) is 6.30. The number of nitrogens with one attached hydrogen (secondary N) is 2. The highest BCUT2D eigenvalue weighted by Crippen LogP contribution is 2.40. The number of aryl methyl sites for hydroxylation is 1. The van der Waals surface area contributed by atoms with Gasteiger partial charge in [0.05, 0.1) is 18.5 Å². The summed E-state index contributed by atoms with van der Waals surface area (Å²) in [5, 5.41) is 17.0. The van der Waals surface area contributed by atoms with Gasteiger partial charge in [0.2, 0.25) is 5.91 Å². The van der Waals surface area contributed by atoms with E-state index >= 15 is 0 Å². The topological polar surface area (TPSA) is 126 Å². The lowest BCUT2D eigenvalue weighted by molar-refractivity contribution is -0.147. The summed E-state index contributed by atoms with van der Waals surface area (Å²) in [7, 11) is 0. The molecule has 10 nitrogen and oxygen atoms in total. The number of rotatable bonds is 10. The van der Waals surface area contributed by atoms with Crippen LogP contribution in [0.1, 0.15) is 44.4 Å².